The number of amides is 1. The summed E-state index contributed by atoms with van der Waals surface area (Å²) >= 11 is 0. The van der Waals surface area contributed by atoms with Gasteiger partial charge in [0.2, 0.25) is 5.91 Å². The average Bonchev–Trinajstić information content (AvgIpc) is 2.83. The third-order valence-corrected chi connectivity index (χ3v) is 3.96. The molecule has 0 aromatic heterocycles. The molecule has 108 valence electrons. The first-order valence-corrected chi connectivity index (χ1v) is 7.14. The lowest BCUT2D eigenvalue weighted by molar-refractivity contribution is -0.117. The van der Waals surface area contributed by atoms with Crippen molar-refractivity contribution >= 4 is 17.3 Å². The molecule has 0 heterocycles. The van der Waals surface area contributed by atoms with Crippen molar-refractivity contribution in [2.24, 2.45) is 5.73 Å². The molecule has 1 aliphatic rings. The van der Waals surface area contributed by atoms with Crippen LogP contribution in [0.5, 0.6) is 0 Å². The Morgan fingerprint density at radius 2 is 2.05 bits per heavy atom. The van der Waals surface area contributed by atoms with Crippen LogP contribution in [0.4, 0.5) is 11.4 Å². The second kappa shape index (κ2) is 5.48. The second-order valence-electron chi connectivity index (χ2n) is 5.49. The summed E-state index contributed by atoms with van der Waals surface area (Å²) in [4.78, 5) is 11.2. The van der Waals surface area contributed by atoms with Crippen LogP contribution in [0.3, 0.4) is 0 Å². The van der Waals surface area contributed by atoms with E-state index in [2.05, 4.69) is 11.4 Å². The van der Waals surface area contributed by atoms with Gasteiger partial charge >= 0.3 is 0 Å². The number of nitrogens with two attached hydrogens (primary N) is 2. The molecule has 1 amide bonds. The molecule has 0 saturated carbocycles. The minimum Gasteiger partial charge on any atom is -0.399 e. The minimum atomic E-state index is -0.316. The zero-order chi connectivity index (χ0) is 14.8. The van der Waals surface area contributed by atoms with Crippen LogP contribution in [0.15, 0.2) is 42.5 Å². The standard InChI is InChI=1S/C17H19N3O/c18-13-6-7-14-11(9-13)5-8-16(14)20-15-4-2-1-3-12(15)10-17(19)21/h1-4,6-7,9,16,20H,5,8,10,18H2,(H2,19,21). The topological polar surface area (TPSA) is 81.1 Å². The highest BCUT2D eigenvalue weighted by atomic mass is 16.1. The van der Waals surface area contributed by atoms with Gasteiger partial charge in [-0.3, -0.25) is 4.79 Å². The maximum atomic E-state index is 11.2. The summed E-state index contributed by atoms with van der Waals surface area (Å²) < 4.78 is 0. The Labute approximate surface area is 124 Å². The number of hydrogen-bond acceptors (Lipinski definition) is 3. The van der Waals surface area contributed by atoms with Crippen LogP contribution < -0.4 is 16.8 Å². The molecule has 0 fully saturated rings. The number of rotatable bonds is 4. The maximum Gasteiger partial charge on any atom is 0.221 e. The molecule has 2 aromatic carbocycles. The van der Waals surface area contributed by atoms with Gasteiger partial charge in [-0.05, 0) is 47.7 Å². The molecule has 0 radical (unpaired) electrons. The van der Waals surface area contributed by atoms with Crippen molar-refractivity contribution in [1.29, 1.82) is 0 Å². The molecule has 4 nitrogen and oxygen atoms in total. The first-order chi connectivity index (χ1) is 10.1. The number of para-hydroxylation sites is 1. The molecular weight excluding hydrogens is 262 g/mol. The Hall–Kier alpha value is -2.49. The molecule has 0 spiro atoms. The molecule has 0 bridgehead atoms. The van der Waals surface area contributed by atoms with Gasteiger partial charge < -0.3 is 16.8 Å². The van der Waals surface area contributed by atoms with Crippen LogP contribution >= 0.6 is 0 Å². The summed E-state index contributed by atoms with van der Waals surface area (Å²) in [6.07, 6.45) is 2.31. The third kappa shape index (κ3) is 2.84. The Balaban J connectivity index is 1.85. The lowest BCUT2D eigenvalue weighted by Gasteiger charge is -2.18. The first kappa shape index (κ1) is 13.5. The van der Waals surface area contributed by atoms with Gasteiger partial charge in [0.05, 0.1) is 12.5 Å². The minimum absolute atomic E-state index is 0.254. The number of primary amides is 1. The number of aryl methyl sites for hydroxylation is 1. The molecule has 4 heteroatoms. The molecule has 0 saturated heterocycles. The zero-order valence-electron chi connectivity index (χ0n) is 11.8. The van der Waals surface area contributed by atoms with Crippen molar-refractivity contribution in [2.75, 3.05) is 11.1 Å². The van der Waals surface area contributed by atoms with E-state index in [1.54, 1.807) is 0 Å². The van der Waals surface area contributed by atoms with E-state index in [1.165, 1.54) is 11.1 Å². The van der Waals surface area contributed by atoms with Gasteiger partial charge in [0.25, 0.3) is 0 Å². The largest absolute Gasteiger partial charge is 0.399 e. The van der Waals surface area contributed by atoms with E-state index in [4.69, 9.17) is 11.5 Å². The SMILES string of the molecule is NC(=O)Cc1ccccc1NC1CCc2cc(N)ccc21. The number of nitrogens with one attached hydrogen (secondary N) is 1. The molecule has 1 atom stereocenters. The number of hydrogen-bond donors (Lipinski definition) is 3. The summed E-state index contributed by atoms with van der Waals surface area (Å²) in [5.41, 5.74) is 16.5. The predicted molar refractivity (Wildman–Crippen MR) is 84.9 cm³/mol. The maximum absolute atomic E-state index is 11.2. The summed E-state index contributed by atoms with van der Waals surface area (Å²) in [5.74, 6) is -0.316. The van der Waals surface area contributed by atoms with E-state index in [1.807, 2.05) is 36.4 Å². The van der Waals surface area contributed by atoms with E-state index < -0.39 is 0 Å². The normalized spacial score (nSPS) is 16.5. The van der Waals surface area contributed by atoms with Crippen LogP contribution in [0.1, 0.15) is 29.2 Å². The van der Waals surface area contributed by atoms with Crippen LogP contribution in [-0.2, 0) is 17.6 Å². The van der Waals surface area contributed by atoms with E-state index in [-0.39, 0.29) is 18.4 Å². The van der Waals surface area contributed by atoms with Crippen molar-refractivity contribution in [3.05, 3.63) is 59.2 Å². The number of benzene rings is 2. The Bertz CT molecular complexity index is 681. The Kier molecular flexibility index (Phi) is 3.52. The van der Waals surface area contributed by atoms with Crippen LogP contribution in [0.25, 0.3) is 0 Å². The summed E-state index contributed by atoms with van der Waals surface area (Å²) in [6.45, 7) is 0. The Morgan fingerprint density at radius 3 is 2.86 bits per heavy atom. The van der Waals surface area contributed by atoms with E-state index in [9.17, 15) is 4.79 Å². The molecule has 21 heavy (non-hydrogen) atoms. The fraction of sp³-hybridized carbons (Fsp3) is 0.235. The predicted octanol–water partition coefficient (Wildman–Crippen LogP) is 2.40. The van der Waals surface area contributed by atoms with Gasteiger partial charge in [0.15, 0.2) is 0 Å². The van der Waals surface area contributed by atoms with Crippen molar-refractivity contribution in [2.45, 2.75) is 25.3 Å². The van der Waals surface area contributed by atoms with Crippen molar-refractivity contribution in [3.8, 4) is 0 Å². The number of anilines is 2. The van der Waals surface area contributed by atoms with Crippen molar-refractivity contribution < 1.29 is 4.79 Å². The summed E-state index contributed by atoms with van der Waals surface area (Å²) in [6, 6.07) is 14.2. The highest BCUT2D eigenvalue weighted by Crippen LogP contribution is 2.35. The average molecular weight is 281 g/mol. The Morgan fingerprint density at radius 1 is 1.24 bits per heavy atom. The van der Waals surface area contributed by atoms with Crippen LogP contribution in [-0.4, -0.2) is 5.91 Å². The summed E-state index contributed by atoms with van der Waals surface area (Å²) in [7, 11) is 0. The first-order valence-electron chi connectivity index (χ1n) is 7.14. The quantitative estimate of drug-likeness (QED) is 0.753. The molecule has 0 aliphatic heterocycles. The van der Waals surface area contributed by atoms with E-state index in [0.29, 0.717) is 0 Å². The third-order valence-electron chi connectivity index (χ3n) is 3.96. The van der Waals surface area contributed by atoms with Crippen molar-refractivity contribution in [3.63, 3.8) is 0 Å². The highest BCUT2D eigenvalue weighted by molar-refractivity contribution is 5.78. The van der Waals surface area contributed by atoms with Gasteiger partial charge in [-0.15, -0.1) is 0 Å². The molecular formula is C17H19N3O. The van der Waals surface area contributed by atoms with Crippen molar-refractivity contribution in [1.82, 2.24) is 0 Å². The lowest BCUT2D eigenvalue weighted by atomic mass is 10.1. The van der Waals surface area contributed by atoms with Gasteiger partial charge in [0.1, 0.15) is 0 Å². The van der Waals surface area contributed by atoms with Crippen LogP contribution in [0, 0.1) is 0 Å². The fourth-order valence-corrected chi connectivity index (χ4v) is 2.98. The lowest BCUT2D eigenvalue weighted by Crippen LogP contribution is -2.16. The molecule has 1 aliphatic carbocycles. The van der Waals surface area contributed by atoms with Gasteiger partial charge in [-0.2, -0.15) is 0 Å². The molecule has 1 unspecified atom stereocenters. The second-order valence-corrected chi connectivity index (χ2v) is 5.49. The molecule has 3 rings (SSSR count). The number of carbonyl (C=O) groups is 1. The molecule has 2 aromatic rings. The molecule has 5 N–H and O–H groups in total. The van der Waals surface area contributed by atoms with Gasteiger partial charge in [-0.25, -0.2) is 0 Å². The number of carbonyl (C=O) groups excluding carboxylic acids is 1. The smallest absolute Gasteiger partial charge is 0.221 e. The van der Waals surface area contributed by atoms with Gasteiger partial charge in [0, 0.05) is 11.4 Å². The monoisotopic (exact) mass is 281 g/mol. The zero-order valence-corrected chi connectivity index (χ0v) is 11.8. The fourth-order valence-electron chi connectivity index (χ4n) is 2.98. The van der Waals surface area contributed by atoms with E-state index in [0.717, 1.165) is 29.8 Å². The van der Waals surface area contributed by atoms with Gasteiger partial charge in [-0.1, -0.05) is 24.3 Å². The van der Waals surface area contributed by atoms with E-state index >= 15 is 0 Å². The van der Waals surface area contributed by atoms with Crippen LogP contribution in [0.2, 0.25) is 0 Å². The highest BCUT2D eigenvalue weighted by Gasteiger charge is 2.23. The number of fused-ring (bicyclic) bond motifs is 1. The summed E-state index contributed by atoms with van der Waals surface area (Å²) in [5, 5.41) is 3.54. The number of nitrogen functional groups attached to an aromatic ring is 1.